The van der Waals surface area contributed by atoms with Gasteiger partial charge in [0.1, 0.15) is 5.82 Å². The number of halogens is 1. The molecule has 0 bridgehead atoms. The Labute approximate surface area is 159 Å². The fraction of sp³-hybridized carbons (Fsp3) is 0.364. The summed E-state index contributed by atoms with van der Waals surface area (Å²) in [6.45, 7) is 4.37. The lowest BCUT2D eigenvalue weighted by Crippen LogP contribution is -2.36. The first-order chi connectivity index (χ1) is 13.1. The van der Waals surface area contributed by atoms with Crippen LogP contribution in [0.15, 0.2) is 53.6 Å². The van der Waals surface area contributed by atoms with Gasteiger partial charge in [-0.3, -0.25) is 9.69 Å². The van der Waals surface area contributed by atoms with Crippen molar-refractivity contribution in [2.45, 2.75) is 32.2 Å². The fourth-order valence-corrected chi connectivity index (χ4v) is 3.89. The molecule has 4 rings (SSSR count). The van der Waals surface area contributed by atoms with E-state index >= 15 is 0 Å². The summed E-state index contributed by atoms with van der Waals surface area (Å²) >= 11 is 0. The third-order valence-corrected chi connectivity index (χ3v) is 5.33. The minimum Gasteiger partial charge on any atom is -0.294 e. The van der Waals surface area contributed by atoms with E-state index in [2.05, 4.69) is 11.0 Å². The molecule has 2 aliphatic rings. The highest BCUT2D eigenvalue weighted by Gasteiger charge is 2.34. The Morgan fingerprint density at radius 2 is 1.89 bits per heavy atom. The highest BCUT2D eigenvalue weighted by Crippen LogP contribution is 2.33. The van der Waals surface area contributed by atoms with Crippen molar-refractivity contribution in [3.63, 3.8) is 0 Å². The van der Waals surface area contributed by atoms with Crippen molar-refractivity contribution < 1.29 is 9.18 Å². The summed E-state index contributed by atoms with van der Waals surface area (Å²) in [4.78, 5) is 15.2. The van der Waals surface area contributed by atoms with Gasteiger partial charge >= 0.3 is 0 Å². The summed E-state index contributed by atoms with van der Waals surface area (Å²) in [5.74, 6) is -0.264. The molecule has 0 saturated carbocycles. The molecular weight excluding hydrogens is 341 g/mol. The molecule has 2 aliphatic heterocycles. The van der Waals surface area contributed by atoms with Crippen molar-refractivity contribution in [3.05, 3.63) is 71.0 Å². The molecule has 4 nitrogen and oxygen atoms in total. The van der Waals surface area contributed by atoms with Gasteiger partial charge in [0, 0.05) is 6.42 Å². The van der Waals surface area contributed by atoms with Crippen molar-refractivity contribution >= 4 is 11.6 Å². The summed E-state index contributed by atoms with van der Waals surface area (Å²) in [5, 5.41) is 6.32. The van der Waals surface area contributed by atoms with Gasteiger partial charge in [-0.15, -0.1) is 0 Å². The summed E-state index contributed by atoms with van der Waals surface area (Å²) in [5.41, 5.74) is 4.02. The minimum atomic E-state index is -0.272. The smallest absolute Gasteiger partial charge is 0.257 e. The van der Waals surface area contributed by atoms with Crippen LogP contribution in [0, 0.1) is 12.7 Å². The number of nitrogens with zero attached hydrogens (tertiary/aromatic N) is 3. The normalized spacial score (nSPS) is 20.1. The van der Waals surface area contributed by atoms with Crippen molar-refractivity contribution in [2.75, 3.05) is 19.6 Å². The van der Waals surface area contributed by atoms with E-state index in [0.29, 0.717) is 13.0 Å². The van der Waals surface area contributed by atoms with Crippen LogP contribution in [0.5, 0.6) is 0 Å². The lowest BCUT2D eigenvalue weighted by atomic mass is 9.97. The van der Waals surface area contributed by atoms with Crippen LogP contribution < -0.4 is 0 Å². The molecule has 0 aromatic heterocycles. The Kier molecular flexibility index (Phi) is 5.03. The van der Waals surface area contributed by atoms with E-state index < -0.39 is 0 Å². The number of carbonyl (C=O) groups excluding carboxylic acids is 1. The van der Waals surface area contributed by atoms with Crippen molar-refractivity contribution in [2.24, 2.45) is 5.10 Å². The number of hydrogen-bond acceptors (Lipinski definition) is 3. The minimum absolute atomic E-state index is 0.00822. The van der Waals surface area contributed by atoms with E-state index in [0.717, 1.165) is 48.3 Å². The molecule has 140 valence electrons. The van der Waals surface area contributed by atoms with E-state index in [1.165, 1.54) is 12.1 Å². The zero-order valence-corrected chi connectivity index (χ0v) is 15.6. The Morgan fingerprint density at radius 1 is 1.15 bits per heavy atom. The number of likely N-dealkylation sites (tertiary alicyclic amines) is 1. The Hall–Kier alpha value is -2.53. The molecule has 2 heterocycles. The van der Waals surface area contributed by atoms with E-state index in [-0.39, 0.29) is 17.8 Å². The van der Waals surface area contributed by atoms with Crippen LogP contribution in [0.1, 0.15) is 42.0 Å². The first-order valence-corrected chi connectivity index (χ1v) is 9.54. The standard InChI is InChI=1S/C22H24FN3O/c1-16-5-4-6-18(13-16)20-14-21(17-7-9-19(23)10-8-17)26(24-20)22(27)15-25-11-2-3-12-25/h4-10,13,21H,2-3,11-12,14-15H2,1H3. The zero-order valence-electron chi connectivity index (χ0n) is 15.6. The molecule has 0 spiro atoms. The average molecular weight is 365 g/mol. The number of rotatable bonds is 4. The maximum atomic E-state index is 13.4. The van der Waals surface area contributed by atoms with Gasteiger partial charge in [-0.05, 0) is 56.1 Å². The Balaban J connectivity index is 1.62. The van der Waals surface area contributed by atoms with Crippen LogP contribution in [0.3, 0.4) is 0 Å². The third-order valence-electron chi connectivity index (χ3n) is 5.33. The molecule has 1 fully saturated rings. The van der Waals surface area contributed by atoms with Crippen molar-refractivity contribution in [3.8, 4) is 0 Å². The Morgan fingerprint density at radius 3 is 2.59 bits per heavy atom. The predicted molar refractivity (Wildman–Crippen MR) is 104 cm³/mol. The van der Waals surface area contributed by atoms with Crippen LogP contribution in [-0.2, 0) is 4.79 Å². The fourth-order valence-electron chi connectivity index (χ4n) is 3.89. The van der Waals surface area contributed by atoms with E-state index in [1.54, 1.807) is 17.1 Å². The van der Waals surface area contributed by atoms with Crippen LogP contribution in [0.25, 0.3) is 0 Å². The molecule has 0 aliphatic carbocycles. The molecule has 27 heavy (non-hydrogen) atoms. The molecule has 2 aromatic rings. The molecule has 1 atom stereocenters. The number of benzene rings is 2. The topological polar surface area (TPSA) is 35.9 Å². The largest absolute Gasteiger partial charge is 0.294 e. The quantitative estimate of drug-likeness (QED) is 0.824. The third kappa shape index (κ3) is 3.93. The maximum absolute atomic E-state index is 13.4. The van der Waals surface area contributed by atoms with Gasteiger partial charge in [-0.2, -0.15) is 5.10 Å². The average Bonchev–Trinajstić information content (AvgIpc) is 3.32. The zero-order chi connectivity index (χ0) is 18.8. The molecular formula is C22H24FN3O. The predicted octanol–water partition coefficient (Wildman–Crippen LogP) is 3.91. The molecule has 0 N–H and O–H groups in total. The number of amides is 1. The first-order valence-electron chi connectivity index (χ1n) is 9.54. The Bertz CT molecular complexity index is 856. The highest BCUT2D eigenvalue weighted by atomic mass is 19.1. The monoisotopic (exact) mass is 365 g/mol. The molecule has 1 unspecified atom stereocenters. The first kappa shape index (κ1) is 17.9. The summed E-state index contributed by atoms with van der Waals surface area (Å²) < 4.78 is 13.4. The van der Waals surface area contributed by atoms with Gasteiger partial charge in [-0.1, -0.05) is 42.0 Å². The van der Waals surface area contributed by atoms with Gasteiger partial charge in [0.15, 0.2) is 0 Å². The second-order valence-corrected chi connectivity index (χ2v) is 7.41. The van der Waals surface area contributed by atoms with Gasteiger partial charge in [0.2, 0.25) is 0 Å². The summed E-state index contributed by atoms with van der Waals surface area (Å²) in [6, 6.07) is 14.4. The van der Waals surface area contributed by atoms with Gasteiger partial charge in [0.05, 0.1) is 18.3 Å². The molecule has 1 amide bonds. The van der Waals surface area contributed by atoms with Crippen molar-refractivity contribution in [1.82, 2.24) is 9.91 Å². The van der Waals surface area contributed by atoms with Crippen LogP contribution >= 0.6 is 0 Å². The summed E-state index contributed by atoms with van der Waals surface area (Å²) in [7, 11) is 0. The van der Waals surface area contributed by atoms with Crippen LogP contribution in [0.4, 0.5) is 4.39 Å². The molecule has 0 radical (unpaired) electrons. The number of aryl methyl sites for hydroxylation is 1. The highest BCUT2D eigenvalue weighted by molar-refractivity contribution is 6.03. The number of hydrogen-bond donors (Lipinski definition) is 0. The lowest BCUT2D eigenvalue weighted by Gasteiger charge is -2.24. The van der Waals surface area contributed by atoms with Crippen molar-refractivity contribution in [1.29, 1.82) is 0 Å². The van der Waals surface area contributed by atoms with Gasteiger partial charge < -0.3 is 0 Å². The van der Waals surface area contributed by atoms with Crippen LogP contribution in [-0.4, -0.2) is 41.2 Å². The molecule has 1 saturated heterocycles. The van der Waals surface area contributed by atoms with E-state index in [4.69, 9.17) is 5.10 Å². The maximum Gasteiger partial charge on any atom is 0.257 e. The second kappa shape index (κ2) is 7.61. The number of carbonyl (C=O) groups is 1. The molecule has 5 heteroatoms. The SMILES string of the molecule is Cc1cccc(C2=NN(C(=O)CN3CCCC3)C(c3ccc(F)cc3)C2)c1. The lowest BCUT2D eigenvalue weighted by molar-refractivity contribution is -0.134. The van der Waals surface area contributed by atoms with Gasteiger partial charge in [-0.25, -0.2) is 9.40 Å². The van der Waals surface area contributed by atoms with E-state index in [1.807, 2.05) is 25.1 Å². The number of hydrazone groups is 1. The second-order valence-electron chi connectivity index (χ2n) is 7.41. The summed E-state index contributed by atoms with van der Waals surface area (Å²) in [6.07, 6.45) is 2.93. The van der Waals surface area contributed by atoms with Crippen LogP contribution in [0.2, 0.25) is 0 Å². The van der Waals surface area contributed by atoms with Gasteiger partial charge in [0.25, 0.3) is 5.91 Å². The molecule has 2 aromatic carbocycles. The van der Waals surface area contributed by atoms with E-state index in [9.17, 15) is 9.18 Å².